The van der Waals surface area contributed by atoms with Crippen LogP contribution in [0.4, 0.5) is 15.8 Å². The van der Waals surface area contributed by atoms with E-state index in [1.165, 1.54) is 44.6 Å². The zero-order chi connectivity index (χ0) is 58.5. The number of piperidine rings is 5. The predicted molar refractivity (Wildman–Crippen MR) is 290 cm³/mol. The fourth-order valence-corrected chi connectivity index (χ4v) is 12.1. The van der Waals surface area contributed by atoms with Gasteiger partial charge in [0.15, 0.2) is 0 Å². The number of imide groups is 6. The number of anilines is 2. The summed E-state index contributed by atoms with van der Waals surface area (Å²) in [6.45, 7) is 6.26. The zero-order valence-electron chi connectivity index (χ0n) is 45.6. The molecule has 0 radical (unpaired) electrons. The van der Waals surface area contributed by atoms with Crippen molar-refractivity contribution in [3.05, 3.63) is 93.8 Å². The minimum absolute atomic E-state index is 0.0537. The molecular weight excluding hydrogens is 1060 g/mol. The van der Waals surface area contributed by atoms with E-state index < -0.39 is 83.0 Å². The molecular formula is C59H67FN8O14. The zero-order valence-corrected chi connectivity index (χ0v) is 45.6. The van der Waals surface area contributed by atoms with Gasteiger partial charge < -0.3 is 20.0 Å². The van der Waals surface area contributed by atoms with Crippen molar-refractivity contribution in [2.75, 3.05) is 49.2 Å². The second-order valence-corrected chi connectivity index (χ2v) is 22.1. The van der Waals surface area contributed by atoms with Crippen LogP contribution in [0.2, 0.25) is 0 Å². The summed E-state index contributed by atoms with van der Waals surface area (Å²) in [5, 5.41) is 24.5. The molecule has 8 aliphatic heterocycles. The van der Waals surface area contributed by atoms with Gasteiger partial charge in [-0.05, 0) is 130 Å². The van der Waals surface area contributed by atoms with E-state index in [1.54, 1.807) is 24.3 Å². The molecule has 22 nitrogen and oxygen atoms in total. The van der Waals surface area contributed by atoms with E-state index in [1.807, 2.05) is 12.1 Å². The number of rotatable bonds is 8. The van der Waals surface area contributed by atoms with Gasteiger partial charge in [-0.1, -0.05) is 32.6 Å². The van der Waals surface area contributed by atoms with Gasteiger partial charge in [-0.15, -0.1) is 0 Å². The molecule has 9 aliphatic rings. The lowest BCUT2D eigenvalue weighted by Gasteiger charge is -2.33. The molecule has 12 rings (SSSR count). The van der Waals surface area contributed by atoms with E-state index in [-0.39, 0.29) is 68.1 Å². The average molecular weight is 1130 g/mol. The van der Waals surface area contributed by atoms with Crippen molar-refractivity contribution in [2.24, 2.45) is 17.8 Å². The number of aliphatic hydroxyl groups excluding tert-OH is 2. The Morgan fingerprint density at radius 3 is 1.09 bits per heavy atom. The van der Waals surface area contributed by atoms with E-state index in [2.05, 4.69) is 32.7 Å². The number of amides is 12. The van der Waals surface area contributed by atoms with Gasteiger partial charge in [-0.25, -0.2) is 4.39 Å². The summed E-state index contributed by atoms with van der Waals surface area (Å²) < 4.78 is 13.2. The highest BCUT2D eigenvalue weighted by molar-refractivity contribution is 6.25. The topological polar surface area (TPSA) is 298 Å². The number of nitrogens with one attached hydrogen (secondary N) is 3. The number of aliphatic hydroxyl groups is 2. The highest BCUT2D eigenvalue weighted by Gasteiger charge is 2.48. The van der Waals surface area contributed by atoms with Gasteiger partial charge in [-0.3, -0.25) is 88.2 Å². The van der Waals surface area contributed by atoms with Gasteiger partial charge in [-0.2, -0.15) is 0 Å². The van der Waals surface area contributed by atoms with Crippen LogP contribution in [0.3, 0.4) is 0 Å². The number of fused-ring (bicyclic) bond motifs is 3. The molecule has 3 unspecified atom stereocenters. The summed E-state index contributed by atoms with van der Waals surface area (Å²) in [5.74, 6) is -5.23. The fraction of sp³-hybridized carbons (Fsp3) is 0.492. The van der Waals surface area contributed by atoms with Crippen molar-refractivity contribution in [2.45, 2.75) is 128 Å². The van der Waals surface area contributed by atoms with Crippen molar-refractivity contribution in [1.29, 1.82) is 0 Å². The normalized spacial score (nSPS) is 23.3. The molecule has 5 saturated heterocycles. The van der Waals surface area contributed by atoms with E-state index >= 15 is 0 Å². The minimum atomic E-state index is -1.02. The van der Waals surface area contributed by atoms with Crippen LogP contribution in [0.5, 0.6) is 0 Å². The lowest BCUT2D eigenvalue weighted by Crippen LogP contribution is -2.54. The van der Waals surface area contributed by atoms with E-state index in [9.17, 15) is 67.0 Å². The van der Waals surface area contributed by atoms with Gasteiger partial charge in [0.2, 0.25) is 35.4 Å². The Morgan fingerprint density at radius 2 is 0.744 bits per heavy atom. The van der Waals surface area contributed by atoms with Crippen LogP contribution in [-0.4, -0.2) is 153 Å². The van der Waals surface area contributed by atoms with E-state index in [0.29, 0.717) is 40.7 Å². The standard InChI is InChI=1S/C20H23N3O4.C19H21N3O5.C13H9FN2O4.C7H14O/c1-2-12-7-9-22(10-8-12)13-3-4-14-15(11-13)20(27)23(19(14)26)16-5-6-17(24)21-18(16)25;23-10-11-5-7-21(8-6-11)12-1-2-13-14(9-12)19(27)22(18(13)26)15-3-4-16(24)20-17(15)25;14-6-1-2-7-8(5-6)13(20)16(12(7)19)9-3-4-10(17)15-11(9)18;8-6-7-4-2-1-3-5-7/h3-4,11-12,16H,2,5-10H2,1H3,(H,21,24,25);1-2,9,11,15,23H,3-8,10H2,(H,20,24,25);1-2,5,9H,3-4H2,(H,15,17,18);7-8H,1-6H2. The van der Waals surface area contributed by atoms with E-state index in [0.717, 1.165) is 96.0 Å². The second-order valence-electron chi connectivity index (χ2n) is 22.1. The number of nitrogens with zero attached hydrogens (tertiary/aromatic N) is 5. The maximum absolute atomic E-state index is 13.2. The molecule has 434 valence electrons. The molecule has 3 atom stereocenters. The van der Waals surface area contributed by atoms with Crippen molar-refractivity contribution < 1.29 is 72.1 Å². The summed E-state index contributed by atoms with van der Waals surface area (Å²) in [4.78, 5) is 152. The average Bonchev–Trinajstić information content (AvgIpc) is 3.43. The van der Waals surface area contributed by atoms with Crippen LogP contribution < -0.4 is 25.8 Å². The van der Waals surface area contributed by atoms with Gasteiger partial charge in [0, 0.05) is 70.0 Å². The monoisotopic (exact) mass is 1130 g/mol. The molecule has 3 aromatic rings. The molecule has 12 amide bonds. The first kappa shape index (κ1) is 58.6. The lowest BCUT2D eigenvalue weighted by molar-refractivity contribution is -0.137. The Hall–Kier alpha value is -8.05. The molecule has 5 N–H and O–H groups in total. The van der Waals surface area contributed by atoms with Crippen molar-refractivity contribution in [1.82, 2.24) is 30.7 Å². The van der Waals surface area contributed by atoms with Crippen molar-refractivity contribution in [3.8, 4) is 0 Å². The van der Waals surface area contributed by atoms with Crippen LogP contribution in [0.1, 0.15) is 172 Å². The maximum atomic E-state index is 13.2. The van der Waals surface area contributed by atoms with Crippen molar-refractivity contribution >= 4 is 82.3 Å². The summed E-state index contributed by atoms with van der Waals surface area (Å²) in [5.41, 5.74) is 3.08. The molecule has 1 saturated carbocycles. The van der Waals surface area contributed by atoms with Crippen LogP contribution in [0, 0.1) is 23.6 Å². The van der Waals surface area contributed by atoms with Gasteiger partial charge in [0.25, 0.3) is 35.4 Å². The van der Waals surface area contributed by atoms with Crippen molar-refractivity contribution in [3.63, 3.8) is 0 Å². The second kappa shape index (κ2) is 25.4. The Balaban J connectivity index is 0.000000140. The molecule has 8 heterocycles. The van der Waals surface area contributed by atoms with Gasteiger partial charge >= 0.3 is 0 Å². The first-order valence-corrected chi connectivity index (χ1v) is 28.3. The summed E-state index contributed by atoms with van der Waals surface area (Å²) in [6, 6.07) is 10.9. The maximum Gasteiger partial charge on any atom is 0.262 e. The number of hydrogen-bond donors (Lipinski definition) is 5. The molecule has 1 aliphatic carbocycles. The molecule has 3 aromatic carbocycles. The highest BCUT2D eigenvalue weighted by Crippen LogP contribution is 2.35. The van der Waals surface area contributed by atoms with E-state index in [4.69, 9.17) is 5.11 Å². The number of carbonyl (C=O) groups is 12. The third-order valence-corrected chi connectivity index (χ3v) is 17.0. The van der Waals surface area contributed by atoms with Gasteiger partial charge in [0.1, 0.15) is 23.9 Å². The predicted octanol–water partition coefficient (Wildman–Crippen LogP) is 3.80. The first-order chi connectivity index (χ1) is 39.4. The number of halogens is 1. The summed E-state index contributed by atoms with van der Waals surface area (Å²) >= 11 is 0. The first-order valence-electron chi connectivity index (χ1n) is 28.3. The largest absolute Gasteiger partial charge is 0.396 e. The third kappa shape index (κ3) is 12.2. The number of hydrogen-bond acceptors (Lipinski definition) is 16. The fourth-order valence-electron chi connectivity index (χ4n) is 12.1. The lowest BCUT2D eigenvalue weighted by atomic mass is 9.90. The number of benzene rings is 3. The molecule has 82 heavy (non-hydrogen) atoms. The Labute approximate surface area is 472 Å². The van der Waals surface area contributed by atoms with Crippen LogP contribution in [0.25, 0.3) is 0 Å². The van der Waals surface area contributed by atoms with Crippen LogP contribution in [0.15, 0.2) is 54.6 Å². The number of carbonyl (C=O) groups excluding carboxylic acids is 12. The van der Waals surface area contributed by atoms with Crippen LogP contribution >= 0.6 is 0 Å². The molecule has 0 bridgehead atoms. The summed E-state index contributed by atoms with van der Waals surface area (Å²) in [6.07, 6.45) is 12.5. The molecule has 6 fully saturated rings. The highest BCUT2D eigenvalue weighted by atomic mass is 19.1. The Bertz CT molecular complexity index is 2970. The minimum Gasteiger partial charge on any atom is -0.396 e. The summed E-state index contributed by atoms with van der Waals surface area (Å²) in [7, 11) is 0. The molecule has 23 heteroatoms. The third-order valence-electron chi connectivity index (χ3n) is 17.0. The molecule has 0 aromatic heterocycles. The Morgan fingerprint density at radius 1 is 0.415 bits per heavy atom. The Kier molecular flexibility index (Phi) is 18.1. The molecule has 0 spiro atoms. The smallest absolute Gasteiger partial charge is 0.262 e. The quantitative estimate of drug-likeness (QED) is 0.201. The SMILES string of the molecule is CCC1CCN(c2ccc3c(c2)C(=O)N(C2CCC(=O)NC2=O)C3=O)CC1.O=C1CCC(N2C(=O)c3ccc(F)cc3C2=O)C(=O)N1.O=C1CCC(N2C(=O)c3ccc(N4CCC(CO)CC4)cc3C2=O)C(=O)N1.OCC1CCCCC1. The van der Waals surface area contributed by atoms with Crippen LogP contribution in [-0.2, 0) is 28.8 Å². The van der Waals surface area contributed by atoms with Gasteiger partial charge in [0.05, 0.1) is 33.4 Å².